The van der Waals surface area contributed by atoms with Gasteiger partial charge in [0, 0.05) is 0 Å². The summed E-state index contributed by atoms with van der Waals surface area (Å²) in [6.45, 7) is 8.23. The second-order valence-electron chi connectivity index (χ2n) is 5.12. The van der Waals surface area contributed by atoms with Crippen LogP contribution in [-0.2, 0) is 0 Å². The van der Waals surface area contributed by atoms with Gasteiger partial charge in [0.1, 0.15) is 0 Å². The Kier molecular flexibility index (Phi) is 5.34. The van der Waals surface area contributed by atoms with Crippen molar-refractivity contribution in [1.29, 1.82) is 0 Å². The minimum Gasteiger partial charge on any atom is -0.0985 e. The number of rotatable bonds is 5. The van der Waals surface area contributed by atoms with Gasteiger partial charge in [0.15, 0.2) is 0 Å². The van der Waals surface area contributed by atoms with Crippen LogP contribution in [0.5, 0.6) is 0 Å². The molecule has 0 radical (unpaired) electrons. The minimum atomic E-state index is 0.395. The van der Waals surface area contributed by atoms with Gasteiger partial charge < -0.3 is 0 Å². The fourth-order valence-electron chi connectivity index (χ4n) is 2.51. The van der Waals surface area contributed by atoms with Crippen LogP contribution < -0.4 is 0 Å². The van der Waals surface area contributed by atoms with E-state index in [0.29, 0.717) is 5.92 Å². The number of hydrogen-bond acceptors (Lipinski definition) is 0. The topological polar surface area (TPSA) is 0 Å². The van der Waals surface area contributed by atoms with Crippen LogP contribution in [0.4, 0.5) is 0 Å². The molecule has 0 saturated heterocycles. The molecule has 21 heavy (non-hydrogen) atoms. The van der Waals surface area contributed by atoms with E-state index < -0.39 is 0 Å². The molecule has 2 aromatic rings. The van der Waals surface area contributed by atoms with Gasteiger partial charge in [0.2, 0.25) is 0 Å². The monoisotopic (exact) mass is 274 g/mol. The molecule has 0 N–H and O–H groups in total. The summed E-state index contributed by atoms with van der Waals surface area (Å²) < 4.78 is 0. The van der Waals surface area contributed by atoms with Crippen molar-refractivity contribution in [3.63, 3.8) is 0 Å². The van der Waals surface area contributed by atoms with Crippen LogP contribution in [0.15, 0.2) is 85.5 Å². The van der Waals surface area contributed by atoms with Crippen LogP contribution in [0.25, 0.3) is 16.7 Å². The Morgan fingerprint density at radius 2 is 1.67 bits per heavy atom. The summed E-state index contributed by atoms with van der Waals surface area (Å²) in [5.74, 6) is 0.395. The lowest BCUT2D eigenvalue weighted by Gasteiger charge is -2.12. The van der Waals surface area contributed by atoms with Crippen LogP contribution in [0.2, 0.25) is 0 Å². The SMILES string of the molecule is C=C/C(=C\C(C)/C=C\C)c1ccccc1-c1ccccc1. The molecule has 0 aliphatic carbocycles. The van der Waals surface area contributed by atoms with Crippen LogP contribution in [0.3, 0.4) is 0 Å². The highest BCUT2D eigenvalue weighted by molar-refractivity contribution is 5.85. The molecule has 0 bridgehead atoms. The molecule has 0 amide bonds. The van der Waals surface area contributed by atoms with Gasteiger partial charge in [-0.2, -0.15) is 0 Å². The van der Waals surface area contributed by atoms with Crippen molar-refractivity contribution in [1.82, 2.24) is 0 Å². The Labute approximate surface area is 128 Å². The van der Waals surface area contributed by atoms with E-state index in [2.05, 4.69) is 87.2 Å². The second-order valence-corrected chi connectivity index (χ2v) is 5.12. The third kappa shape index (κ3) is 3.82. The first-order valence-corrected chi connectivity index (χ1v) is 7.38. The van der Waals surface area contributed by atoms with Crippen LogP contribution in [0.1, 0.15) is 19.4 Å². The van der Waals surface area contributed by atoms with E-state index in [-0.39, 0.29) is 0 Å². The van der Waals surface area contributed by atoms with Gasteiger partial charge in [-0.3, -0.25) is 0 Å². The summed E-state index contributed by atoms with van der Waals surface area (Å²) in [6.07, 6.45) is 8.48. The maximum absolute atomic E-state index is 3.99. The van der Waals surface area contributed by atoms with E-state index in [0.717, 1.165) is 0 Å². The molecule has 0 aliphatic rings. The largest absolute Gasteiger partial charge is 0.0985 e. The lowest BCUT2D eigenvalue weighted by molar-refractivity contribution is 0.940. The second kappa shape index (κ2) is 7.44. The molecule has 0 nitrogen and oxygen atoms in total. The molecule has 0 saturated carbocycles. The molecule has 106 valence electrons. The first-order chi connectivity index (χ1) is 10.3. The Bertz CT molecular complexity index is 645. The van der Waals surface area contributed by atoms with Crippen LogP contribution >= 0.6 is 0 Å². The van der Waals surface area contributed by atoms with E-state index in [4.69, 9.17) is 0 Å². The Morgan fingerprint density at radius 3 is 2.33 bits per heavy atom. The molecule has 2 rings (SSSR count). The highest BCUT2D eigenvalue weighted by atomic mass is 14.1. The van der Waals surface area contributed by atoms with Gasteiger partial charge in [0.25, 0.3) is 0 Å². The van der Waals surface area contributed by atoms with E-state index >= 15 is 0 Å². The number of benzene rings is 2. The van der Waals surface area contributed by atoms with Gasteiger partial charge in [-0.25, -0.2) is 0 Å². The summed E-state index contributed by atoms with van der Waals surface area (Å²) >= 11 is 0. The number of allylic oxidation sites excluding steroid dienone is 5. The summed E-state index contributed by atoms with van der Waals surface area (Å²) in [4.78, 5) is 0. The Morgan fingerprint density at radius 1 is 1.00 bits per heavy atom. The fraction of sp³-hybridized carbons (Fsp3) is 0.143. The normalized spacial score (nSPS) is 13.3. The van der Waals surface area contributed by atoms with Gasteiger partial charge in [-0.1, -0.05) is 92.4 Å². The first kappa shape index (κ1) is 15.1. The predicted molar refractivity (Wildman–Crippen MR) is 94.0 cm³/mol. The highest BCUT2D eigenvalue weighted by Crippen LogP contribution is 2.30. The predicted octanol–water partition coefficient (Wildman–Crippen LogP) is 6.14. The lowest BCUT2D eigenvalue weighted by Crippen LogP contribution is -1.91. The smallest absolute Gasteiger partial charge is 0.00728 e. The molecule has 0 aliphatic heterocycles. The summed E-state index contributed by atoms with van der Waals surface area (Å²) in [5, 5.41) is 0. The molecule has 0 heteroatoms. The van der Waals surface area contributed by atoms with Crippen molar-refractivity contribution in [2.75, 3.05) is 0 Å². The summed E-state index contributed by atoms with van der Waals surface area (Å²) in [7, 11) is 0. The van der Waals surface area contributed by atoms with E-state index in [1.165, 1.54) is 22.3 Å². The van der Waals surface area contributed by atoms with Gasteiger partial charge >= 0.3 is 0 Å². The van der Waals surface area contributed by atoms with Crippen molar-refractivity contribution in [3.8, 4) is 11.1 Å². The maximum Gasteiger partial charge on any atom is -0.00728 e. The molecule has 0 aromatic heterocycles. The maximum atomic E-state index is 3.99. The standard InChI is InChI=1S/C21H22/c1-4-11-17(3)16-18(5-2)20-14-9-10-15-21(20)19-12-7-6-8-13-19/h4-17H,2H2,1,3H3/b11-4-,18-16+. The molecular formula is C21H22. The molecule has 1 unspecified atom stereocenters. The third-order valence-electron chi connectivity index (χ3n) is 3.48. The van der Waals surface area contributed by atoms with Crippen molar-refractivity contribution in [2.24, 2.45) is 5.92 Å². The zero-order chi connectivity index (χ0) is 15.1. The molecule has 2 aromatic carbocycles. The molecule has 0 fully saturated rings. The zero-order valence-electron chi connectivity index (χ0n) is 12.8. The highest BCUT2D eigenvalue weighted by Gasteiger charge is 2.07. The summed E-state index contributed by atoms with van der Waals surface area (Å²) in [5.41, 5.74) is 4.89. The summed E-state index contributed by atoms with van der Waals surface area (Å²) in [6, 6.07) is 19.0. The van der Waals surface area contributed by atoms with E-state index in [1.54, 1.807) is 0 Å². The zero-order valence-corrected chi connectivity index (χ0v) is 12.8. The average Bonchev–Trinajstić information content (AvgIpc) is 2.54. The van der Waals surface area contributed by atoms with Crippen molar-refractivity contribution < 1.29 is 0 Å². The molecule has 1 atom stereocenters. The van der Waals surface area contributed by atoms with E-state index in [9.17, 15) is 0 Å². The molecule has 0 heterocycles. The van der Waals surface area contributed by atoms with Gasteiger partial charge in [-0.15, -0.1) is 0 Å². The van der Waals surface area contributed by atoms with Crippen molar-refractivity contribution in [2.45, 2.75) is 13.8 Å². The molecule has 0 spiro atoms. The minimum absolute atomic E-state index is 0.395. The van der Waals surface area contributed by atoms with Crippen molar-refractivity contribution in [3.05, 3.63) is 91.0 Å². The third-order valence-corrected chi connectivity index (χ3v) is 3.48. The fourth-order valence-corrected chi connectivity index (χ4v) is 2.51. The molecular weight excluding hydrogens is 252 g/mol. The van der Waals surface area contributed by atoms with Crippen LogP contribution in [-0.4, -0.2) is 0 Å². The average molecular weight is 274 g/mol. The lowest BCUT2D eigenvalue weighted by atomic mass is 9.92. The van der Waals surface area contributed by atoms with Gasteiger partial charge in [-0.05, 0) is 35.1 Å². The van der Waals surface area contributed by atoms with Gasteiger partial charge in [0.05, 0.1) is 0 Å². The quantitative estimate of drug-likeness (QED) is 0.454. The Balaban J connectivity index is 2.51. The first-order valence-electron chi connectivity index (χ1n) is 7.38. The Hall–Kier alpha value is -2.34. The number of hydrogen-bond donors (Lipinski definition) is 0. The van der Waals surface area contributed by atoms with Crippen LogP contribution in [0, 0.1) is 5.92 Å². The van der Waals surface area contributed by atoms with E-state index in [1.807, 2.05) is 12.1 Å². The van der Waals surface area contributed by atoms with Crippen molar-refractivity contribution >= 4 is 5.57 Å².